The smallest absolute Gasteiger partial charge is 0.182 e. The van der Waals surface area contributed by atoms with Gasteiger partial charge in [0.05, 0.1) is 12.4 Å². The predicted octanol–water partition coefficient (Wildman–Crippen LogP) is 2.92. The van der Waals surface area contributed by atoms with Crippen molar-refractivity contribution in [1.29, 1.82) is 0 Å². The Hall–Kier alpha value is -2.43. The first-order valence-electron chi connectivity index (χ1n) is 6.34. The summed E-state index contributed by atoms with van der Waals surface area (Å²) in [5.74, 6) is 0.790. The molecular formula is C14H15N5. The molecule has 0 unspecified atom stereocenters. The molecule has 0 aliphatic carbocycles. The number of benzene rings is 1. The monoisotopic (exact) mass is 253 g/mol. The van der Waals surface area contributed by atoms with E-state index >= 15 is 0 Å². The highest BCUT2D eigenvalue weighted by Gasteiger charge is 2.12. The lowest BCUT2D eigenvalue weighted by Gasteiger charge is -2.18. The normalized spacial score (nSPS) is 12.5. The van der Waals surface area contributed by atoms with E-state index < -0.39 is 0 Å². The summed E-state index contributed by atoms with van der Waals surface area (Å²) >= 11 is 0. The minimum absolute atomic E-state index is 0.225. The van der Waals surface area contributed by atoms with Crippen molar-refractivity contribution in [2.24, 2.45) is 0 Å². The Kier molecular flexibility index (Phi) is 3.10. The highest BCUT2D eigenvalue weighted by molar-refractivity contribution is 5.82. The molecule has 96 valence electrons. The van der Waals surface area contributed by atoms with Gasteiger partial charge in [0.25, 0.3) is 0 Å². The Morgan fingerprint density at radius 2 is 2.00 bits per heavy atom. The van der Waals surface area contributed by atoms with Crippen molar-refractivity contribution < 1.29 is 0 Å². The van der Waals surface area contributed by atoms with E-state index in [0.29, 0.717) is 5.65 Å². The summed E-state index contributed by atoms with van der Waals surface area (Å²) in [7, 11) is 0. The second kappa shape index (κ2) is 5.06. The number of H-pyrrole nitrogens is 1. The van der Waals surface area contributed by atoms with E-state index in [4.69, 9.17) is 0 Å². The van der Waals surface area contributed by atoms with Gasteiger partial charge in [0.15, 0.2) is 11.5 Å². The largest absolute Gasteiger partial charge is 0.361 e. The maximum absolute atomic E-state index is 4.30. The molecule has 2 N–H and O–H groups in total. The Labute approximate surface area is 111 Å². The number of aromatic amines is 1. The van der Waals surface area contributed by atoms with E-state index in [1.807, 2.05) is 18.2 Å². The van der Waals surface area contributed by atoms with Crippen LogP contribution in [0.25, 0.3) is 11.2 Å². The third-order valence-electron chi connectivity index (χ3n) is 3.14. The van der Waals surface area contributed by atoms with Crippen molar-refractivity contribution in [2.45, 2.75) is 19.4 Å². The van der Waals surface area contributed by atoms with E-state index in [1.165, 1.54) is 11.9 Å². The zero-order chi connectivity index (χ0) is 13.1. The molecule has 3 aromatic rings. The number of hydrogen-bond acceptors (Lipinski definition) is 4. The first kappa shape index (κ1) is 11.6. The molecule has 5 nitrogen and oxygen atoms in total. The maximum Gasteiger partial charge on any atom is 0.182 e. The summed E-state index contributed by atoms with van der Waals surface area (Å²) in [6.45, 7) is 2.15. The topological polar surface area (TPSA) is 66.5 Å². The van der Waals surface area contributed by atoms with Crippen LogP contribution < -0.4 is 5.32 Å². The molecule has 0 radical (unpaired) electrons. The third-order valence-corrected chi connectivity index (χ3v) is 3.14. The quantitative estimate of drug-likeness (QED) is 0.750. The molecule has 1 aromatic carbocycles. The molecule has 3 rings (SSSR count). The van der Waals surface area contributed by atoms with Crippen LogP contribution in [0.2, 0.25) is 0 Å². The molecule has 0 saturated heterocycles. The summed E-state index contributed by atoms with van der Waals surface area (Å²) in [5.41, 5.74) is 2.77. The van der Waals surface area contributed by atoms with Gasteiger partial charge in [-0.2, -0.15) is 0 Å². The number of aromatic nitrogens is 4. The zero-order valence-corrected chi connectivity index (χ0v) is 10.7. The first-order chi connectivity index (χ1) is 9.38. The number of nitrogens with one attached hydrogen (secondary N) is 2. The van der Waals surface area contributed by atoms with Gasteiger partial charge in [0, 0.05) is 0 Å². The number of anilines is 1. The maximum atomic E-state index is 4.30. The van der Waals surface area contributed by atoms with E-state index in [1.54, 1.807) is 6.33 Å². The van der Waals surface area contributed by atoms with Gasteiger partial charge in [-0.3, -0.25) is 0 Å². The Bertz CT molecular complexity index is 662. The standard InChI is InChI=1S/C14H15N5/c1-2-11(10-6-4-3-5-7-10)19-14-12-13(16-8-15-12)17-9-18-14/h3-9,11H,2H2,1H3,(H2,15,16,17,18,19)/t11-/m0/s1. The Balaban J connectivity index is 1.93. The molecule has 0 aliphatic heterocycles. The van der Waals surface area contributed by atoms with Crippen molar-refractivity contribution in [3.63, 3.8) is 0 Å². The van der Waals surface area contributed by atoms with Gasteiger partial charge >= 0.3 is 0 Å². The molecule has 0 saturated carbocycles. The van der Waals surface area contributed by atoms with Crippen molar-refractivity contribution >= 4 is 17.0 Å². The van der Waals surface area contributed by atoms with Crippen LogP contribution in [0, 0.1) is 0 Å². The number of imidazole rings is 1. The van der Waals surface area contributed by atoms with Crippen molar-refractivity contribution in [1.82, 2.24) is 19.9 Å². The van der Waals surface area contributed by atoms with Crippen LogP contribution in [-0.4, -0.2) is 19.9 Å². The van der Waals surface area contributed by atoms with Crippen LogP contribution in [0.15, 0.2) is 43.0 Å². The SMILES string of the molecule is CC[C@H](Nc1ncnc2nc[nH]c12)c1ccccc1. The fraction of sp³-hybridized carbons (Fsp3) is 0.214. The van der Waals surface area contributed by atoms with Crippen LogP contribution in [0.1, 0.15) is 24.9 Å². The number of nitrogens with zero attached hydrogens (tertiary/aromatic N) is 3. The van der Waals surface area contributed by atoms with Crippen LogP contribution in [0.5, 0.6) is 0 Å². The second-order valence-corrected chi connectivity index (χ2v) is 4.34. The predicted molar refractivity (Wildman–Crippen MR) is 74.8 cm³/mol. The minimum atomic E-state index is 0.225. The lowest BCUT2D eigenvalue weighted by Crippen LogP contribution is -2.11. The molecule has 0 aliphatic rings. The lowest BCUT2D eigenvalue weighted by atomic mass is 10.0. The average molecular weight is 253 g/mol. The molecule has 5 heteroatoms. The van der Waals surface area contributed by atoms with Gasteiger partial charge < -0.3 is 10.3 Å². The molecule has 2 aromatic heterocycles. The van der Waals surface area contributed by atoms with Crippen molar-refractivity contribution in [3.05, 3.63) is 48.5 Å². The molecular weight excluding hydrogens is 238 g/mol. The lowest BCUT2D eigenvalue weighted by molar-refractivity contribution is 0.745. The van der Waals surface area contributed by atoms with Gasteiger partial charge in [0.2, 0.25) is 0 Å². The number of hydrogen-bond donors (Lipinski definition) is 2. The summed E-state index contributed by atoms with van der Waals surface area (Å²) in [4.78, 5) is 15.6. The van der Waals surface area contributed by atoms with Crippen molar-refractivity contribution in [2.75, 3.05) is 5.32 Å². The Morgan fingerprint density at radius 1 is 1.16 bits per heavy atom. The second-order valence-electron chi connectivity index (χ2n) is 4.34. The van der Waals surface area contributed by atoms with E-state index in [2.05, 4.69) is 44.3 Å². The highest BCUT2D eigenvalue weighted by atomic mass is 15.1. The van der Waals surface area contributed by atoms with Gasteiger partial charge in [0.1, 0.15) is 11.8 Å². The summed E-state index contributed by atoms with van der Waals surface area (Å²) < 4.78 is 0. The van der Waals surface area contributed by atoms with E-state index in [-0.39, 0.29) is 6.04 Å². The summed E-state index contributed by atoms with van der Waals surface area (Å²) in [6.07, 6.45) is 4.14. The number of fused-ring (bicyclic) bond motifs is 1. The molecule has 19 heavy (non-hydrogen) atoms. The molecule has 0 bridgehead atoms. The fourth-order valence-electron chi connectivity index (χ4n) is 2.15. The summed E-state index contributed by atoms with van der Waals surface area (Å²) in [5, 5.41) is 3.45. The third kappa shape index (κ3) is 2.27. The van der Waals surface area contributed by atoms with Crippen LogP contribution in [-0.2, 0) is 0 Å². The van der Waals surface area contributed by atoms with Crippen LogP contribution in [0.3, 0.4) is 0 Å². The van der Waals surface area contributed by atoms with Gasteiger partial charge in [-0.25, -0.2) is 15.0 Å². The van der Waals surface area contributed by atoms with E-state index in [0.717, 1.165) is 17.8 Å². The molecule has 1 atom stereocenters. The van der Waals surface area contributed by atoms with E-state index in [9.17, 15) is 0 Å². The molecule has 0 spiro atoms. The van der Waals surface area contributed by atoms with Crippen LogP contribution in [0.4, 0.5) is 5.82 Å². The molecule has 2 heterocycles. The molecule has 0 fully saturated rings. The van der Waals surface area contributed by atoms with Crippen LogP contribution >= 0.6 is 0 Å². The van der Waals surface area contributed by atoms with Crippen molar-refractivity contribution in [3.8, 4) is 0 Å². The summed E-state index contributed by atoms with van der Waals surface area (Å²) in [6, 6.07) is 10.6. The zero-order valence-electron chi connectivity index (χ0n) is 10.7. The van der Waals surface area contributed by atoms with Gasteiger partial charge in [-0.1, -0.05) is 37.3 Å². The van der Waals surface area contributed by atoms with Gasteiger partial charge in [-0.15, -0.1) is 0 Å². The average Bonchev–Trinajstić information content (AvgIpc) is 2.95. The number of rotatable bonds is 4. The highest BCUT2D eigenvalue weighted by Crippen LogP contribution is 2.24. The van der Waals surface area contributed by atoms with Gasteiger partial charge in [-0.05, 0) is 12.0 Å². The minimum Gasteiger partial charge on any atom is -0.361 e. The first-order valence-corrected chi connectivity index (χ1v) is 6.34. The molecule has 0 amide bonds. The Morgan fingerprint density at radius 3 is 2.79 bits per heavy atom. The fourth-order valence-corrected chi connectivity index (χ4v) is 2.15.